The Balaban J connectivity index is 2.01. The SMILES string of the molecule is CN(CCc1ccccn1)c1nc(N)nc(Cl)n1. The van der Waals surface area contributed by atoms with Gasteiger partial charge in [0.05, 0.1) is 0 Å². The van der Waals surface area contributed by atoms with Crippen LogP contribution < -0.4 is 10.6 Å². The maximum Gasteiger partial charge on any atom is 0.231 e. The highest BCUT2D eigenvalue weighted by Gasteiger charge is 2.08. The Hall–Kier alpha value is -1.95. The van der Waals surface area contributed by atoms with Crippen LogP contribution in [0.3, 0.4) is 0 Å². The monoisotopic (exact) mass is 264 g/mol. The average Bonchev–Trinajstić information content (AvgIpc) is 2.36. The molecule has 2 heterocycles. The first-order chi connectivity index (χ1) is 8.65. The Bertz CT molecular complexity index is 498. The van der Waals surface area contributed by atoms with Gasteiger partial charge in [0, 0.05) is 31.9 Å². The number of hydrogen-bond acceptors (Lipinski definition) is 6. The van der Waals surface area contributed by atoms with Gasteiger partial charge in [0.25, 0.3) is 0 Å². The molecule has 0 bridgehead atoms. The van der Waals surface area contributed by atoms with Crippen LogP contribution in [0.4, 0.5) is 11.9 Å². The number of nitrogens with two attached hydrogens (primary N) is 1. The second-order valence-electron chi connectivity index (χ2n) is 3.76. The van der Waals surface area contributed by atoms with Gasteiger partial charge in [-0.1, -0.05) is 6.07 Å². The summed E-state index contributed by atoms with van der Waals surface area (Å²) in [6.07, 6.45) is 2.56. The minimum absolute atomic E-state index is 0.0992. The summed E-state index contributed by atoms with van der Waals surface area (Å²) in [6, 6.07) is 5.82. The van der Waals surface area contributed by atoms with E-state index in [2.05, 4.69) is 19.9 Å². The highest BCUT2D eigenvalue weighted by Crippen LogP contribution is 2.11. The largest absolute Gasteiger partial charge is 0.368 e. The number of halogens is 1. The van der Waals surface area contributed by atoms with Gasteiger partial charge in [0.2, 0.25) is 17.2 Å². The lowest BCUT2D eigenvalue weighted by atomic mass is 10.2. The third-order valence-corrected chi connectivity index (χ3v) is 2.55. The minimum Gasteiger partial charge on any atom is -0.368 e. The first-order valence-electron chi connectivity index (χ1n) is 5.43. The Kier molecular flexibility index (Phi) is 3.88. The molecular formula is C11H13ClN6. The van der Waals surface area contributed by atoms with E-state index in [1.165, 1.54) is 0 Å². The normalized spacial score (nSPS) is 10.3. The lowest BCUT2D eigenvalue weighted by Gasteiger charge is -2.16. The van der Waals surface area contributed by atoms with E-state index in [0.717, 1.165) is 18.7 Å². The third kappa shape index (κ3) is 3.27. The summed E-state index contributed by atoms with van der Waals surface area (Å²) < 4.78 is 0. The van der Waals surface area contributed by atoms with Gasteiger partial charge in [-0.25, -0.2) is 0 Å². The topological polar surface area (TPSA) is 80.8 Å². The van der Waals surface area contributed by atoms with E-state index >= 15 is 0 Å². The maximum absolute atomic E-state index is 5.73. The zero-order valence-electron chi connectivity index (χ0n) is 9.91. The van der Waals surface area contributed by atoms with Crippen LogP contribution in [0.25, 0.3) is 0 Å². The first-order valence-corrected chi connectivity index (χ1v) is 5.81. The van der Waals surface area contributed by atoms with Gasteiger partial charge in [-0.3, -0.25) is 4.98 Å². The number of rotatable bonds is 4. The molecule has 0 aliphatic rings. The molecule has 7 heteroatoms. The molecule has 6 nitrogen and oxygen atoms in total. The van der Waals surface area contributed by atoms with Crippen LogP contribution in [0.15, 0.2) is 24.4 Å². The molecule has 0 saturated carbocycles. The van der Waals surface area contributed by atoms with Gasteiger partial charge < -0.3 is 10.6 Å². The second kappa shape index (κ2) is 5.59. The molecule has 2 rings (SSSR count). The van der Waals surface area contributed by atoms with Gasteiger partial charge >= 0.3 is 0 Å². The Labute approximate surface area is 110 Å². The standard InChI is InChI=1S/C11H13ClN6/c1-18(7-5-8-4-2-3-6-14-8)11-16-9(12)15-10(13)17-11/h2-4,6H,5,7H2,1H3,(H2,13,15,16,17). The first kappa shape index (κ1) is 12.5. The van der Waals surface area contributed by atoms with Crippen molar-refractivity contribution in [2.45, 2.75) is 6.42 Å². The molecule has 0 atom stereocenters. The fraction of sp³-hybridized carbons (Fsp3) is 0.273. The van der Waals surface area contributed by atoms with Crippen LogP contribution in [0.1, 0.15) is 5.69 Å². The molecule has 0 aromatic carbocycles. The van der Waals surface area contributed by atoms with E-state index in [9.17, 15) is 0 Å². The molecule has 0 aliphatic carbocycles. The van der Waals surface area contributed by atoms with Gasteiger partial charge in [-0.15, -0.1) is 0 Å². The summed E-state index contributed by atoms with van der Waals surface area (Å²) in [5, 5.41) is 0.0992. The van der Waals surface area contributed by atoms with Crippen molar-refractivity contribution in [3.8, 4) is 0 Å². The Morgan fingerprint density at radius 2 is 2.11 bits per heavy atom. The predicted molar refractivity (Wildman–Crippen MR) is 70.5 cm³/mol. The number of likely N-dealkylation sites (N-methyl/N-ethyl adjacent to an activating group) is 1. The number of hydrogen-bond donors (Lipinski definition) is 1. The van der Waals surface area contributed by atoms with Gasteiger partial charge in [0.15, 0.2) is 0 Å². The van der Waals surface area contributed by atoms with Gasteiger partial charge in [-0.05, 0) is 23.7 Å². The molecule has 0 fully saturated rings. The second-order valence-corrected chi connectivity index (χ2v) is 4.09. The molecule has 18 heavy (non-hydrogen) atoms. The number of aromatic nitrogens is 4. The minimum atomic E-state index is 0.0992. The molecular weight excluding hydrogens is 252 g/mol. The van der Waals surface area contributed by atoms with Crippen LogP contribution in [-0.2, 0) is 6.42 Å². The molecule has 94 valence electrons. The molecule has 0 unspecified atom stereocenters. The third-order valence-electron chi connectivity index (χ3n) is 2.38. The zero-order chi connectivity index (χ0) is 13.0. The highest BCUT2D eigenvalue weighted by molar-refractivity contribution is 6.28. The van der Waals surface area contributed by atoms with E-state index in [4.69, 9.17) is 17.3 Å². The molecule has 0 amide bonds. The summed E-state index contributed by atoms with van der Waals surface area (Å²) in [7, 11) is 1.87. The van der Waals surface area contributed by atoms with E-state index in [1.807, 2.05) is 30.1 Å². The Morgan fingerprint density at radius 1 is 1.28 bits per heavy atom. The number of nitrogen functional groups attached to an aromatic ring is 1. The number of nitrogens with zero attached hydrogens (tertiary/aromatic N) is 5. The van der Waals surface area contributed by atoms with Crippen molar-refractivity contribution in [2.24, 2.45) is 0 Å². The fourth-order valence-corrected chi connectivity index (χ4v) is 1.62. The quantitative estimate of drug-likeness (QED) is 0.893. The molecule has 0 radical (unpaired) electrons. The van der Waals surface area contributed by atoms with Crippen LogP contribution in [0.2, 0.25) is 5.28 Å². The zero-order valence-corrected chi connectivity index (χ0v) is 10.7. The summed E-state index contributed by atoms with van der Waals surface area (Å²) in [6.45, 7) is 0.719. The summed E-state index contributed by atoms with van der Waals surface area (Å²) in [4.78, 5) is 17.9. The highest BCUT2D eigenvalue weighted by atomic mass is 35.5. The van der Waals surface area contributed by atoms with Crippen LogP contribution in [-0.4, -0.2) is 33.5 Å². The maximum atomic E-state index is 5.73. The molecule has 0 saturated heterocycles. The van der Waals surface area contributed by atoms with E-state index in [1.54, 1.807) is 6.20 Å². The molecule has 2 aromatic rings. The van der Waals surface area contributed by atoms with Gasteiger partial charge in [-0.2, -0.15) is 15.0 Å². The number of anilines is 2. The number of pyridine rings is 1. The predicted octanol–water partition coefficient (Wildman–Crippen LogP) is 1.18. The Morgan fingerprint density at radius 3 is 2.78 bits per heavy atom. The summed E-state index contributed by atoms with van der Waals surface area (Å²) in [5.41, 5.74) is 6.53. The molecule has 0 aliphatic heterocycles. The van der Waals surface area contributed by atoms with Crippen molar-refractivity contribution in [3.05, 3.63) is 35.4 Å². The summed E-state index contributed by atoms with van der Waals surface area (Å²) >= 11 is 5.73. The van der Waals surface area contributed by atoms with Crippen molar-refractivity contribution in [1.82, 2.24) is 19.9 Å². The van der Waals surface area contributed by atoms with E-state index < -0.39 is 0 Å². The van der Waals surface area contributed by atoms with E-state index in [0.29, 0.717) is 5.95 Å². The van der Waals surface area contributed by atoms with Crippen LogP contribution in [0, 0.1) is 0 Å². The van der Waals surface area contributed by atoms with Crippen LogP contribution in [0.5, 0.6) is 0 Å². The average molecular weight is 265 g/mol. The molecule has 2 N–H and O–H groups in total. The fourth-order valence-electron chi connectivity index (χ4n) is 1.45. The molecule has 0 spiro atoms. The summed E-state index contributed by atoms with van der Waals surface area (Å²) in [5.74, 6) is 0.582. The smallest absolute Gasteiger partial charge is 0.231 e. The lowest BCUT2D eigenvalue weighted by Crippen LogP contribution is -2.23. The van der Waals surface area contributed by atoms with Crippen molar-refractivity contribution >= 4 is 23.5 Å². The van der Waals surface area contributed by atoms with Gasteiger partial charge in [0.1, 0.15) is 0 Å². The molecule has 2 aromatic heterocycles. The van der Waals surface area contributed by atoms with Crippen molar-refractivity contribution in [3.63, 3.8) is 0 Å². The lowest BCUT2D eigenvalue weighted by molar-refractivity contribution is 0.815. The van der Waals surface area contributed by atoms with Crippen molar-refractivity contribution in [1.29, 1.82) is 0 Å². The van der Waals surface area contributed by atoms with Crippen molar-refractivity contribution < 1.29 is 0 Å². The van der Waals surface area contributed by atoms with Crippen molar-refractivity contribution in [2.75, 3.05) is 24.2 Å². The van der Waals surface area contributed by atoms with E-state index in [-0.39, 0.29) is 11.2 Å². The van der Waals surface area contributed by atoms with Crippen LogP contribution >= 0.6 is 11.6 Å².